The van der Waals surface area contributed by atoms with Gasteiger partial charge in [0.05, 0.1) is 18.7 Å². The van der Waals surface area contributed by atoms with Gasteiger partial charge < -0.3 is 20.4 Å². The molecule has 0 unspecified atom stereocenters. The lowest BCUT2D eigenvalue weighted by molar-refractivity contribution is -0.120. The molecule has 0 fully saturated rings. The Balaban J connectivity index is 1.42. The van der Waals surface area contributed by atoms with Crippen LogP contribution in [-0.2, 0) is 11.3 Å². The Kier molecular flexibility index (Phi) is 7.47. The van der Waals surface area contributed by atoms with E-state index in [9.17, 15) is 9.59 Å². The van der Waals surface area contributed by atoms with E-state index in [0.29, 0.717) is 17.0 Å². The smallest absolute Gasteiger partial charge is 0.251 e. The van der Waals surface area contributed by atoms with Gasteiger partial charge in [-0.25, -0.2) is 0 Å². The molecule has 3 aromatic carbocycles. The predicted molar refractivity (Wildman–Crippen MR) is 135 cm³/mol. The summed E-state index contributed by atoms with van der Waals surface area (Å²) in [5.41, 5.74) is 2.78. The average molecular weight is 470 g/mol. The normalized spacial score (nSPS) is 10.5. The van der Waals surface area contributed by atoms with Gasteiger partial charge in [-0.15, -0.1) is 0 Å². The summed E-state index contributed by atoms with van der Waals surface area (Å²) in [6.45, 7) is 0.290. The number of anilines is 1. The maximum absolute atomic E-state index is 13.2. The number of carbonyl (C=O) groups is 2. The van der Waals surface area contributed by atoms with Crippen LogP contribution in [0, 0.1) is 0 Å². The maximum Gasteiger partial charge on any atom is 0.251 e. The molecule has 1 aromatic heterocycles. The van der Waals surface area contributed by atoms with E-state index in [0.717, 1.165) is 11.1 Å². The second-order valence-electron chi connectivity index (χ2n) is 7.54. The molecule has 6 nitrogen and oxygen atoms in total. The van der Waals surface area contributed by atoms with Crippen molar-refractivity contribution in [3.8, 4) is 0 Å². The van der Waals surface area contributed by atoms with Gasteiger partial charge >= 0.3 is 0 Å². The fourth-order valence-electron chi connectivity index (χ4n) is 3.55. The first kappa shape index (κ1) is 22.9. The minimum absolute atomic E-state index is 0.148. The molecule has 0 radical (unpaired) electrons. The zero-order valence-electron chi connectivity index (χ0n) is 18.2. The summed E-state index contributed by atoms with van der Waals surface area (Å²) in [7, 11) is 0. The molecule has 0 aliphatic carbocycles. The molecule has 0 spiro atoms. The van der Waals surface area contributed by atoms with Crippen LogP contribution in [0.25, 0.3) is 0 Å². The highest BCUT2D eigenvalue weighted by Crippen LogP contribution is 2.24. The van der Waals surface area contributed by atoms with Crippen molar-refractivity contribution in [3.63, 3.8) is 0 Å². The Morgan fingerprint density at radius 2 is 1.50 bits per heavy atom. The number of rotatable bonds is 7. The van der Waals surface area contributed by atoms with Crippen molar-refractivity contribution in [1.29, 1.82) is 0 Å². The Hall–Kier alpha value is -4.23. The van der Waals surface area contributed by atoms with E-state index in [-0.39, 0.29) is 23.5 Å². The Labute approximate surface area is 203 Å². The molecule has 0 bridgehead atoms. The van der Waals surface area contributed by atoms with Crippen LogP contribution in [0.15, 0.2) is 108 Å². The third-order valence-corrected chi connectivity index (χ3v) is 5.35. The van der Waals surface area contributed by atoms with Crippen molar-refractivity contribution in [3.05, 3.63) is 126 Å². The van der Waals surface area contributed by atoms with Gasteiger partial charge in [-0.05, 0) is 53.7 Å². The number of thiocarbonyl (C=S) groups is 1. The molecule has 34 heavy (non-hydrogen) atoms. The first-order valence-corrected chi connectivity index (χ1v) is 11.1. The van der Waals surface area contributed by atoms with E-state index in [4.69, 9.17) is 16.6 Å². The molecule has 4 rings (SSSR count). The van der Waals surface area contributed by atoms with Crippen molar-refractivity contribution in [1.82, 2.24) is 10.6 Å². The van der Waals surface area contributed by atoms with Gasteiger partial charge in [0.1, 0.15) is 5.76 Å². The number of amides is 2. The number of carbonyl (C=O) groups excluding carboxylic acids is 2. The largest absolute Gasteiger partial charge is 0.467 e. The van der Waals surface area contributed by atoms with Crippen molar-refractivity contribution in [2.24, 2.45) is 0 Å². The predicted octanol–water partition coefficient (Wildman–Crippen LogP) is 4.85. The summed E-state index contributed by atoms with van der Waals surface area (Å²) in [5, 5.41) is 8.73. The molecule has 0 aliphatic rings. The lowest BCUT2D eigenvalue weighted by atomic mass is 9.90. The fraction of sp³-hybridized carbons (Fsp3) is 0.0741. The second kappa shape index (κ2) is 11.1. The first-order chi connectivity index (χ1) is 16.6. The van der Waals surface area contributed by atoms with Gasteiger partial charge in [-0.1, -0.05) is 66.7 Å². The summed E-state index contributed by atoms with van der Waals surface area (Å²) in [5.74, 6) is -0.343. The zero-order chi connectivity index (χ0) is 23.8. The Morgan fingerprint density at radius 3 is 2.12 bits per heavy atom. The Bertz CT molecular complexity index is 1220. The molecule has 3 N–H and O–H groups in total. The molecule has 7 heteroatoms. The molecule has 0 saturated carbocycles. The molecule has 1 heterocycles. The second-order valence-corrected chi connectivity index (χ2v) is 7.95. The molecule has 2 amide bonds. The Morgan fingerprint density at radius 1 is 0.824 bits per heavy atom. The van der Waals surface area contributed by atoms with Crippen molar-refractivity contribution in [2.45, 2.75) is 12.5 Å². The van der Waals surface area contributed by atoms with Gasteiger partial charge in [0.2, 0.25) is 5.91 Å². The van der Waals surface area contributed by atoms with Crippen LogP contribution in [0.3, 0.4) is 0 Å². The molecule has 0 atom stereocenters. The van der Waals surface area contributed by atoms with Crippen LogP contribution in [0.1, 0.15) is 33.2 Å². The van der Waals surface area contributed by atoms with Crippen LogP contribution in [0.4, 0.5) is 5.69 Å². The third kappa shape index (κ3) is 5.96. The number of furan rings is 1. The monoisotopic (exact) mass is 469 g/mol. The van der Waals surface area contributed by atoms with E-state index < -0.39 is 5.92 Å². The zero-order valence-corrected chi connectivity index (χ0v) is 19.0. The van der Waals surface area contributed by atoms with Crippen LogP contribution in [0.2, 0.25) is 0 Å². The summed E-state index contributed by atoms with van der Waals surface area (Å²) in [6.07, 6.45) is 1.56. The number of benzene rings is 3. The van der Waals surface area contributed by atoms with Crippen LogP contribution in [0.5, 0.6) is 0 Å². The van der Waals surface area contributed by atoms with Gasteiger partial charge in [0.25, 0.3) is 5.91 Å². The van der Waals surface area contributed by atoms with E-state index in [1.807, 2.05) is 60.7 Å². The minimum atomic E-state index is -0.513. The highest BCUT2D eigenvalue weighted by molar-refractivity contribution is 7.80. The SMILES string of the molecule is O=C(NCc1ccco1)c1cccc(NC(=S)NC(=O)C(c2ccccc2)c2ccccc2)c1. The summed E-state index contributed by atoms with van der Waals surface area (Å²) in [4.78, 5) is 25.7. The van der Waals surface area contributed by atoms with Crippen LogP contribution in [-0.4, -0.2) is 16.9 Å². The van der Waals surface area contributed by atoms with E-state index in [2.05, 4.69) is 16.0 Å². The van der Waals surface area contributed by atoms with E-state index in [1.54, 1.807) is 42.7 Å². The van der Waals surface area contributed by atoms with Crippen LogP contribution >= 0.6 is 12.2 Å². The third-order valence-electron chi connectivity index (χ3n) is 5.15. The number of nitrogens with one attached hydrogen (secondary N) is 3. The molecular weight excluding hydrogens is 446 g/mol. The molecule has 4 aromatic rings. The molecular formula is C27H23N3O3S. The fourth-order valence-corrected chi connectivity index (χ4v) is 3.77. The lowest BCUT2D eigenvalue weighted by Crippen LogP contribution is -2.38. The summed E-state index contributed by atoms with van der Waals surface area (Å²) < 4.78 is 5.23. The molecule has 170 valence electrons. The number of hydrogen-bond acceptors (Lipinski definition) is 4. The average Bonchev–Trinajstić information content (AvgIpc) is 3.38. The first-order valence-electron chi connectivity index (χ1n) is 10.7. The molecule has 0 aliphatic heterocycles. The maximum atomic E-state index is 13.2. The van der Waals surface area contributed by atoms with E-state index in [1.165, 1.54) is 0 Å². The van der Waals surface area contributed by atoms with Crippen molar-refractivity contribution < 1.29 is 14.0 Å². The highest BCUT2D eigenvalue weighted by Gasteiger charge is 2.23. The quantitative estimate of drug-likeness (QED) is 0.337. The van der Waals surface area contributed by atoms with Crippen LogP contribution < -0.4 is 16.0 Å². The van der Waals surface area contributed by atoms with E-state index >= 15 is 0 Å². The van der Waals surface area contributed by atoms with Gasteiger partial charge in [-0.2, -0.15) is 0 Å². The topological polar surface area (TPSA) is 83.4 Å². The minimum Gasteiger partial charge on any atom is -0.467 e. The van der Waals surface area contributed by atoms with Crippen molar-refractivity contribution >= 4 is 34.8 Å². The highest BCUT2D eigenvalue weighted by atomic mass is 32.1. The van der Waals surface area contributed by atoms with Crippen molar-refractivity contribution in [2.75, 3.05) is 5.32 Å². The standard InChI is InChI=1S/C27H23N3O3S/c31-25(28-18-23-15-8-16-33-23)21-13-7-14-22(17-21)29-27(34)30-26(32)24(19-9-3-1-4-10-19)20-11-5-2-6-12-20/h1-17,24H,18H2,(H,28,31)(H2,29,30,32,34). The number of hydrogen-bond donors (Lipinski definition) is 3. The summed E-state index contributed by atoms with van der Waals surface area (Å²) in [6, 6.07) is 29.5. The van der Waals surface area contributed by atoms with Gasteiger partial charge in [-0.3, -0.25) is 9.59 Å². The summed E-state index contributed by atoms with van der Waals surface area (Å²) >= 11 is 5.39. The lowest BCUT2D eigenvalue weighted by Gasteiger charge is -2.19. The van der Waals surface area contributed by atoms with Gasteiger partial charge in [0, 0.05) is 11.3 Å². The van der Waals surface area contributed by atoms with Gasteiger partial charge in [0.15, 0.2) is 5.11 Å². The molecule has 0 saturated heterocycles.